The molecule has 1 N–H and O–H groups in total. The highest BCUT2D eigenvalue weighted by atomic mass is 35.5. The highest BCUT2D eigenvalue weighted by Crippen LogP contribution is 2.36. The number of aliphatic hydroxyl groups excluding tert-OH is 1. The molecule has 1 aliphatic carbocycles. The quantitative estimate of drug-likeness (QED) is 0.863. The highest BCUT2D eigenvalue weighted by molar-refractivity contribution is 6.31. The summed E-state index contributed by atoms with van der Waals surface area (Å²) in [5.41, 5.74) is 0.783. The summed E-state index contributed by atoms with van der Waals surface area (Å²) in [5, 5.41) is 15.2. The maximum Gasteiger partial charge on any atom is 0.0974 e. The Hall–Kier alpha value is -0.580. The molecule has 1 aromatic heterocycles. The van der Waals surface area contributed by atoms with E-state index in [1.54, 1.807) is 6.20 Å². The van der Waals surface area contributed by atoms with E-state index in [4.69, 9.17) is 11.6 Å². The monoisotopic (exact) mass is 271 g/mol. The number of hydrogen-bond donors (Lipinski definition) is 1. The van der Waals surface area contributed by atoms with Crippen molar-refractivity contribution >= 4 is 11.6 Å². The minimum Gasteiger partial charge on any atom is -0.387 e. The van der Waals surface area contributed by atoms with E-state index < -0.39 is 6.10 Å². The standard InChI is InChI=1S/C13H22ClN3O/c1-16(2)6-7-17-13(11(14)9-15-17)12(18)8-10-4-3-5-10/h9-10,12,18H,3-8H2,1-2H3. The van der Waals surface area contributed by atoms with Crippen molar-refractivity contribution in [3.05, 3.63) is 16.9 Å². The second kappa shape index (κ2) is 6.04. The molecule has 0 aromatic carbocycles. The Morgan fingerprint density at radius 2 is 2.28 bits per heavy atom. The van der Waals surface area contributed by atoms with Crippen molar-refractivity contribution in [2.24, 2.45) is 5.92 Å². The molecule has 0 amide bonds. The van der Waals surface area contributed by atoms with Gasteiger partial charge in [0, 0.05) is 6.54 Å². The maximum absolute atomic E-state index is 10.3. The largest absolute Gasteiger partial charge is 0.387 e. The van der Waals surface area contributed by atoms with Crippen molar-refractivity contribution in [1.82, 2.24) is 14.7 Å². The first kappa shape index (κ1) is 13.8. The topological polar surface area (TPSA) is 41.3 Å². The Morgan fingerprint density at radius 1 is 1.56 bits per heavy atom. The van der Waals surface area contributed by atoms with Crippen LogP contribution in [0.25, 0.3) is 0 Å². The van der Waals surface area contributed by atoms with Gasteiger partial charge in [-0.15, -0.1) is 0 Å². The Morgan fingerprint density at radius 3 is 2.83 bits per heavy atom. The Bertz CT molecular complexity index is 388. The van der Waals surface area contributed by atoms with Crippen LogP contribution in [0.1, 0.15) is 37.5 Å². The number of rotatable bonds is 6. The third-order valence-corrected chi connectivity index (χ3v) is 3.98. The molecular weight excluding hydrogens is 250 g/mol. The van der Waals surface area contributed by atoms with Crippen LogP contribution >= 0.6 is 11.6 Å². The van der Waals surface area contributed by atoms with Crippen molar-refractivity contribution in [3.8, 4) is 0 Å². The number of halogens is 1. The summed E-state index contributed by atoms with van der Waals surface area (Å²) >= 11 is 6.14. The van der Waals surface area contributed by atoms with Gasteiger partial charge in [-0.1, -0.05) is 30.9 Å². The van der Waals surface area contributed by atoms with Crippen LogP contribution in [0.3, 0.4) is 0 Å². The maximum atomic E-state index is 10.3. The Labute approximate surface area is 114 Å². The first-order chi connectivity index (χ1) is 8.58. The van der Waals surface area contributed by atoms with Crippen LogP contribution in [0.2, 0.25) is 5.02 Å². The van der Waals surface area contributed by atoms with Gasteiger partial charge in [0.15, 0.2) is 0 Å². The van der Waals surface area contributed by atoms with Gasteiger partial charge in [-0.25, -0.2) is 0 Å². The van der Waals surface area contributed by atoms with E-state index in [-0.39, 0.29) is 0 Å². The zero-order chi connectivity index (χ0) is 13.1. The molecule has 2 rings (SSSR count). The van der Waals surface area contributed by atoms with Crippen LogP contribution in [-0.4, -0.2) is 40.4 Å². The van der Waals surface area contributed by atoms with E-state index in [1.165, 1.54) is 19.3 Å². The molecule has 1 saturated carbocycles. The second-order valence-corrected chi connectivity index (χ2v) is 5.86. The van der Waals surface area contributed by atoms with E-state index in [0.717, 1.165) is 25.2 Å². The number of hydrogen-bond acceptors (Lipinski definition) is 3. The lowest BCUT2D eigenvalue weighted by Crippen LogP contribution is -2.22. The van der Waals surface area contributed by atoms with Gasteiger partial charge in [0.05, 0.1) is 29.6 Å². The summed E-state index contributed by atoms with van der Waals surface area (Å²) in [6, 6.07) is 0. The molecule has 1 unspecified atom stereocenters. The number of aliphatic hydroxyl groups is 1. The average Bonchev–Trinajstić information content (AvgIpc) is 2.62. The molecule has 1 aliphatic rings. The minimum atomic E-state index is -0.479. The van der Waals surface area contributed by atoms with Gasteiger partial charge in [0.1, 0.15) is 0 Å². The van der Waals surface area contributed by atoms with Crippen molar-refractivity contribution in [3.63, 3.8) is 0 Å². The third-order valence-electron chi connectivity index (χ3n) is 3.69. The predicted octanol–water partition coefficient (Wildman–Crippen LogP) is 2.32. The second-order valence-electron chi connectivity index (χ2n) is 5.45. The summed E-state index contributed by atoms with van der Waals surface area (Å²) in [5.74, 6) is 0.660. The third kappa shape index (κ3) is 3.25. The number of aromatic nitrogens is 2. The molecule has 4 nitrogen and oxygen atoms in total. The van der Waals surface area contributed by atoms with Gasteiger partial charge in [0.2, 0.25) is 0 Å². The van der Waals surface area contributed by atoms with Gasteiger partial charge in [0.25, 0.3) is 0 Å². The fraction of sp³-hybridized carbons (Fsp3) is 0.769. The summed E-state index contributed by atoms with van der Waals surface area (Å²) in [4.78, 5) is 2.09. The molecule has 5 heteroatoms. The van der Waals surface area contributed by atoms with E-state index in [2.05, 4.69) is 10.00 Å². The molecule has 1 atom stereocenters. The van der Waals surface area contributed by atoms with Crippen molar-refractivity contribution in [2.45, 2.75) is 38.3 Å². The first-order valence-electron chi connectivity index (χ1n) is 6.62. The molecule has 1 aromatic rings. The fourth-order valence-corrected chi connectivity index (χ4v) is 2.60. The van der Waals surface area contributed by atoms with E-state index >= 15 is 0 Å². The lowest BCUT2D eigenvalue weighted by Gasteiger charge is -2.28. The van der Waals surface area contributed by atoms with Gasteiger partial charge >= 0.3 is 0 Å². The van der Waals surface area contributed by atoms with Crippen LogP contribution in [0.4, 0.5) is 0 Å². The van der Waals surface area contributed by atoms with E-state index in [9.17, 15) is 5.11 Å². The molecular formula is C13H22ClN3O. The van der Waals surface area contributed by atoms with Crippen LogP contribution in [-0.2, 0) is 6.54 Å². The summed E-state index contributed by atoms with van der Waals surface area (Å²) < 4.78 is 1.84. The van der Waals surface area contributed by atoms with Crippen molar-refractivity contribution < 1.29 is 5.11 Å². The molecule has 102 valence electrons. The predicted molar refractivity (Wildman–Crippen MR) is 72.7 cm³/mol. The van der Waals surface area contributed by atoms with Gasteiger partial charge in [-0.2, -0.15) is 5.10 Å². The van der Waals surface area contributed by atoms with Gasteiger partial charge in [-0.05, 0) is 26.4 Å². The molecule has 0 saturated heterocycles. The number of nitrogens with zero attached hydrogens (tertiary/aromatic N) is 3. The molecule has 18 heavy (non-hydrogen) atoms. The van der Waals surface area contributed by atoms with E-state index in [1.807, 2.05) is 18.8 Å². The zero-order valence-corrected chi connectivity index (χ0v) is 11.9. The normalized spacial score (nSPS) is 18.1. The highest BCUT2D eigenvalue weighted by Gasteiger charge is 2.25. The molecule has 0 aliphatic heterocycles. The average molecular weight is 272 g/mol. The van der Waals surface area contributed by atoms with Crippen molar-refractivity contribution in [1.29, 1.82) is 0 Å². The van der Waals surface area contributed by atoms with E-state index in [0.29, 0.717) is 10.9 Å². The smallest absolute Gasteiger partial charge is 0.0974 e. The molecule has 0 spiro atoms. The van der Waals surface area contributed by atoms with Gasteiger partial charge < -0.3 is 10.0 Å². The zero-order valence-electron chi connectivity index (χ0n) is 11.1. The fourth-order valence-electron chi connectivity index (χ4n) is 2.33. The molecule has 0 bridgehead atoms. The lowest BCUT2D eigenvalue weighted by atomic mass is 9.81. The summed E-state index contributed by atoms with van der Waals surface area (Å²) in [6.07, 6.45) is 5.74. The summed E-state index contributed by atoms with van der Waals surface area (Å²) in [6.45, 7) is 1.65. The lowest BCUT2D eigenvalue weighted by molar-refractivity contribution is 0.110. The van der Waals surface area contributed by atoms with Crippen LogP contribution in [0.15, 0.2) is 6.20 Å². The Kier molecular flexibility index (Phi) is 4.65. The molecule has 1 heterocycles. The van der Waals surface area contributed by atoms with Crippen LogP contribution in [0, 0.1) is 5.92 Å². The minimum absolute atomic E-state index is 0.479. The van der Waals surface area contributed by atoms with Gasteiger partial charge in [-0.3, -0.25) is 4.68 Å². The molecule has 0 radical (unpaired) electrons. The Balaban J connectivity index is 2.02. The first-order valence-corrected chi connectivity index (χ1v) is 6.99. The number of likely N-dealkylation sites (N-methyl/N-ethyl adjacent to an activating group) is 1. The van der Waals surface area contributed by atoms with Crippen LogP contribution < -0.4 is 0 Å². The SMILES string of the molecule is CN(C)CCn1ncc(Cl)c1C(O)CC1CCC1. The summed E-state index contributed by atoms with van der Waals surface area (Å²) in [7, 11) is 4.05. The van der Waals surface area contributed by atoms with Crippen molar-refractivity contribution in [2.75, 3.05) is 20.6 Å². The molecule has 1 fully saturated rings. The van der Waals surface area contributed by atoms with Crippen LogP contribution in [0.5, 0.6) is 0 Å².